The third kappa shape index (κ3) is 3.21. The lowest BCUT2D eigenvalue weighted by Crippen LogP contribution is -2.62. The molecule has 0 radical (unpaired) electrons. The lowest BCUT2D eigenvalue weighted by atomic mass is 9.77. The summed E-state index contributed by atoms with van der Waals surface area (Å²) in [6.07, 6.45) is 2.99. The summed E-state index contributed by atoms with van der Waals surface area (Å²) < 4.78 is 0. The minimum absolute atomic E-state index is 0.0127. The molecule has 2 heterocycles. The summed E-state index contributed by atoms with van der Waals surface area (Å²) in [7, 11) is 0. The van der Waals surface area contributed by atoms with Gasteiger partial charge in [0.15, 0.2) is 0 Å². The molecule has 0 spiro atoms. The van der Waals surface area contributed by atoms with Crippen LogP contribution < -0.4 is 10.2 Å². The minimum atomic E-state index is -0.658. The van der Waals surface area contributed by atoms with E-state index in [9.17, 15) is 14.4 Å². The normalized spacial score (nSPS) is 23.7. The fourth-order valence-corrected chi connectivity index (χ4v) is 5.31. The number of fused-ring (bicyclic) bond motifs is 4. The van der Waals surface area contributed by atoms with E-state index < -0.39 is 5.66 Å². The van der Waals surface area contributed by atoms with Crippen LogP contribution >= 0.6 is 0 Å². The molecule has 31 heavy (non-hydrogen) atoms. The maximum absolute atomic E-state index is 13.2. The second kappa shape index (κ2) is 7.52. The van der Waals surface area contributed by atoms with Crippen molar-refractivity contribution in [2.24, 2.45) is 0 Å². The molecule has 1 fully saturated rings. The van der Waals surface area contributed by atoms with E-state index in [1.807, 2.05) is 37.3 Å². The summed E-state index contributed by atoms with van der Waals surface area (Å²) in [5.74, 6) is 0.401. The molecule has 1 N–H and O–H groups in total. The van der Waals surface area contributed by atoms with Gasteiger partial charge in [0.05, 0.1) is 11.3 Å². The van der Waals surface area contributed by atoms with Gasteiger partial charge in [-0.1, -0.05) is 36.4 Å². The zero-order valence-electron chi connectivity index (χ0n) is 17.8. The van der Waals surface area contributed by atoms with Crippen LogP contribution in [0.5, 0.6) is 0 Å². The number of hydrogen-bond donors (Lipinski definition) is 1. The topological polar surface area (TPSA) is 69.7 Å². The number of nitrogens with zero attached hydrogens (tertiary/aromatic N) is 2. The molecule has 2 atom stereocenters. The highest BCUT2D eigenvalue weighted by Gasteiger charge is 2.52. The molecule has 0 aromatic heterocycles. The Hall–Kier alpha value is -3.15. The number of hydrogen-bond acceptors (Lipinski definition) is 3. The van der Waals surface area contributed by atoms with Gasteiger partial charge in [-0.2, -0.15) is 0 Å². The van der Waals surface area contributed by atoms with Gasteiger partial charge in [-0.05, 0) is 49.4 Å². The number of anilines is 1. The van der Waals surface area contributed by atoms with Crippen molar-refractivity contribution in [3.63, 3.8) is 0 Å². The van der Waals surface area contributed by atoms with Gasteiger partial charge < -0.3 is 10.2 Å². The standard InChI is InChI=1S/C25H27N3O3/c1-25-13-12-23(30)28(25)21-10-5-4-9-20(21)24(31)27(25)14-6-11-22(29)26-16-18-15-17-7-2-3-8-19(17)18/h2-5,7-10,18H,6,11-16H2,1H3,(H,26,29). The Balaban J connectivity index is 1.20. The molecule has 1 saturated heterocycles. The van der Waals surface area contributed by atoms with Crippen LogP contribution in [0.15, 0.2) is 48.5 Å². The largest absolute Gasteiger partial charge is 0.355 e. The highest BCUT2D eigenvalue weighted by molar-refractivity contribution is 6.10. The van der Waals surface area contributed by atoms with Crippen molar-refractivity contribution in [1.29, 1.82) is 0 Å². The molecule has 2 aliphatic heterocycles. The Morgan fingerprint density at radius 2 is 1.90 bits per heavy atom. The average molecular weight is 418 g/mol. The number of para-hydroxylation sites is 1. The van der Waals surface area contributed by atoms with Crippen LogP contribution in [-0.4, -0.2) is 41.4 Å². The molecular weight excluding hydrogens is 390 g/mol. The van der Waals surface area contributed by atoms with Gasteiger partial charge in [-0.25, -0.2) is 0 Å². The third-order valence-electron chi connectivity index (χ3n) is 7.04. The number of benzene rings is 2. The van der Waals surface area contributed by atoms with Gasteiger partial charge in [-0.3, -0.25) is 19.3 Å². The molecule has 1 aliphatic carbocycles. The van der Waals surface area contributed by atoms with Gasteiger partial charge in [0, 0.05) is 31.8 Å². The van der Waals surface area contributed by atoms with Gasteiger partial charge >= 0.3 is 0 Å². The zero-order chi connectivity index (χ0) is 21.6. The van der Waals surface area contributed by atoms with Crippen LogP contribution in [-0.2, 0) is 16.0 Å². The van der Waals surface area contributed by atoms with E-state index in [4.69, 9.17) is 0 Å². The second-order valence-corrected chi connectivity index (χ2v) is 8.93. The maximum Gasteiger partial charge on any atom is 0.257 e. The molecule has 5 rings (SSSR count). The summed E-state index contributed by atoms with van der Waals surface area (Å²) in [5.41, 5.74) is 3.30. The zero-order valence-corrected chi connectivity index (χ0v) is 17.8. The summed E-state index contributed by atoms with van der Waals surface area (Å²) in [6.45, 7) is 3.07. The van der Waals surface area contributed by atoms with Crippen LogP contribution in [0.3, 0.4) is 0 Å². The lowest BCUT2D eigenvalue weighted by Gasteiger charge is -2.48. The van der Waals surface area contributed by atoms with E-state index in [0.29, 0.717) is 55.9 Å². The lowest BCUT2D eigenvalue weighted by molar-refractivity contribution is -0.121. The van der Waals surface area contributed by atoms with Crippen molar-refractivity contribution in [1.82, 2.24) is 10.2 Å². The van der Waals surface area contributed by atoms with Gasteiger partial charge in [0.25, 0.3) is 5.91 Å². The van der Waals surface area contributed by atoms with Crippen molar-refractivity contribution in [3.8, 4) is 0 Å². The molecule has 2 aromatic rings. The predicted octanol–water partition coefficient (Wildman–Crippen LogP) is 3.22. The van der Waals surface area contributed by atoms with E-state index in [0.717, 1.165) is 6.42 Å². The summed E-state index contributed by atoms with van der Waals surface area (Å²) in [5, 5.41) is 3.05. The van der Waals surface area contributed by atoms with Gasteiger partial charge in [-0.15, -0.1) is 0 Å². The first-order valence-corrected chi connectivity index (χ1v) is 11.1. The monoisotopic (exact) mass is 417 g/mol. The Morgan fingerprint density at radius 3 is 2.74 bits per heavy atom. The van der Waals surface area contributed by atoms with Crippen LogP contribution in [0, 0.1) is 0 Å². The maximum atomic E-state index is 13.2. The molecule has 6 heteroatoms. The molecule has 6 nitrogen and oxygen atoms in total. The molecule has 0 saturated carbocycles. The SMILES string of the molecule is CC12CCC(=O)N1c1ccccc1C(=O)N2CCCC(=O)NCC1Cc2ccccc21. The molecule has 0 bridgehead atoms. The average Bonchev–Trinajstić information content (AvgIpc) is 3.06. The van der Waals surface area contributed by atoms with Crippen molar-refractivity contribution < 1.29 is 14.4 Å². The molecule has 2 aromatic carbocycles. The number of carbonyl (C=O) groups is 3. The molecule has 3 amide bonds. The Labute approximate surface area is 182 Å². The Morgan fingerprint density at radius 1 is 1.13 bits per heavy atom. The van der Waals surface area contributed by atoms with Crippen LogP contribution in [0.1, 0.15) is 60.0 Å². The highest BCUT2D eigenvalue weighted by atomic mass is 16.2. The molecule has 2 unspecified atom stereocenters. The highest BCUT2D eigenvalue weighted by Crippen LogP contribution is 2.44. The number of rotatable bonds is 6. The van der Waals surface area contributed by atoms with Crippen molar-refractivity contribution in [2.45, 2.75) is 50.6 Å². The number of amides is 3. The van der Waals surface area contributed by atoms with Crippen LogP contribution in [0.25, 0.3) is 0 Å². The number of nitrogens with one attached hydrogen (secondary N) is 1. The van der Waals surface area contributed by atoms with Crippen molar-refractivity contribution in [3.05, 3.63) is 65.2 Å². The van der Waals surface area contributed by atoms with E-state index >= 15 is 0 Å². The fraction of sp³-hybridized carbons (Fsp3) is 0.400. The van der Waals surface area contributed by atoms with Crippen molar-refractivity contribution >= 4 is 23.4 Å². The second-order valence-electron chi connectivity index (χ2n) is 8.93. The van der Waals surface area contributed by atoms with E-state index in [2.05, 4.69) is 17.4 Å². The summed E-state index contributed by atoms with van der Waals surface area (Å²) in [4.78, 5) is 41.8. The Bertz CT molecular complexity index is 1070. The molecule has 3 aliphatic rings. The Kier molecular flexibility index (Phi) is 4.80. The third-order valence-corrected chi connectivity index (χ3v) is 7.04. The van der Waals surface area contributed by atoms with Crippen LogP contribution in [0.2, 0.25) is 0 Å². The first-order chi connectivity index (χ1) is 15.0. The van der Waals surface area contributed by atoms with E-state index in [-0.39, 0.29) is 17.7 Å². The smallest absolute Gasteiger partial charge is 0.257 e. The summed E-state index contributed by atoms with van der Waals surface area (Å²) >= 11 is 0. The minimum Gasteiger partial charge on any atom is -0.355 e. The fourth-order valence-electron chi connectivity index (χ4n) is 5.31. The molecule has 160 valence electrons. The number of carbonyl (C=O) groups excluding carboxylic acids is 3. The van der Waals surface area contributed by atoms with E-state index in [1.165, 1.54) is 11.1 Å². The van der Waals surface area contributed by atoms with Crippen LogP contribution in [0.4, 0.5) is 5.69 Å². The van der Waals surface area contributed by atoms with E-state index in [1.54, 1.807) is 15.9 Å². The first-order valence-electron chi connectivity index (χ1n) is 11.1. The quantitative estimate of drug-likeness (QED) is 0.785. The van der Waals surface area contributed by atoms with Gasteiger partial charge in [0.2, 0.25) is 11.8 Å². The first kappa shape index (κ1) is 19.8. The molecular formula is C25H27N3O3. The van der Waals surface area contributed by atoms with Gasteiger partial charge in [0.1, 0.15) is 5.66 Å². The summed E-state index contributed by atoms with van der Waals surface area (Å²) in [6, 6.07) is 15.7. The predicted molar refractivity (Wildman–Crippen MR) is 118 cm³/mol. The van der Waals surface area contributed by atoms with Crippen molar-refractivity contribution in [2.75, 3.05) is 18.0 Å².